The lowest BCUT2D eigenvalue weighted by molar-refractivity contribution is -0.153. The van der Waals surface area contributed by atoms with Crippen molar-refractivity contribution in [1.82, 2.24) is 24.6 Å². The van der Waals surface area contributed by atoms with Crippen molar-refractivity contribution in [3.63, 3.8) is 0 Å². The summed E-state index contributed by atoms with van der Waals surface area (Å²) in [6.45, 7) is 10.7. The minimum absolute atomic E-state index is 0.213. The summed E-state index contributed by atoms with van der Waals surface area (Å²) < 4.78 is 7.40. The van der Waals surface area contributed by atoms with Gasteiger partial charge in [-0.3, -0.25) is 14.4 Å². The molecule has 0 saturated carbocycles. The van der Waals surface area contributed by atoms with Crippen LogP contribution in [-0.2, 0) is 29.4 Å². The molecule has 1 atom stereocenters. The summed E-state index contributed by atoms with van der Waals surface area (Å²) in [4.78, 5) is 21.8. The van der Waals surface area contributed by atoms with E-state index in [4.69, 9.17) is 4.74 Å². The maximum Gasteiger partial charge on any atom is 0.313 e. The zero-order valence-electron chi connectivity index (χ0n) is 20.6. The van der Waals surface area contributed by atoms with Crippen molar-refractivity contribution >= 4 is 17.3 Å². The summed E-state index contributed by atoms with van der Waals surface area (Å²) in [5, 5.41) is 7.32. The van der Waals surface area contributed by atoms with Crippen LogP contribution >= 0.6 is 11.3 Å². The average molecular weight is 482 g/mol. The lowest BCUT2D eigenvalue weighted by atomic mass is 10.0. The fourth-order valence-electron chi connectivity index (χ4n) is 4.42. The molecule has 8 heteroatoms. The van der Waals surface area contributed by atoms with Gasteiger partial charge in [0.15, 0.2) is 0 Å². The molecule has 3 heterocycles. The van der Waals surface area contributed by atoms with Gasteiger partial charge in [-0.1, -0.05) is 30.3 Å². The second-order valence-corrected chi connectivity index (χ2v) is 10.8. The fraction of sp³-hybridized carbons (Fsp3) is 0.500. The van der Waals surface area contributed by atoms with E-state index in [0.29, 0.717) is 0 Å². The summed E-state index contributed by atoms with van der Waals surface area (Å²) in [5.74, 6) is -0.217. The van der Waals surface area contributed by atoms with Crippen LogP contribution in [0.1, 0.15) is 48.8 Å². The fourth-order valence-corrected chi connectivity index (χ4v) is 5.23. The zero-order chi connectivity index (χ0) is 24.1. The van der Waals surface area contributed by atoms with Crippen molar-refractivity contribution in [2.24, 2.45) is 7.05 Å². The van der Waals surface area contributed by atoms with Crippen LogP contribution in [0.5, 0.6) is 0 Å². The minimum Gasteiger partial charge on any atom is -0.460 e. The Balaban J connectivity index is 1.30. The molecule has 0 bridgehead atoms. The van der Waals surface area contributed by atoms with Crippen LogP contribution in [0.2, 0.25) is 0 Å². The first-order valence-corrected chi connectivity index (χ1v) is 12.8. The first-order valence-electron chi connectivity index (χ1n) is 11.9. The van der Waals surface area contributed by atoms with Gasteiger partial charge >= 0.3 is 5.97 Å². The second kappa shape index (κ2) is 10.8. The van der Waals surface area contributed by atoms with Gasteiger partial charge in [0.1, 0.15) is 10.6 Å². The summed E-state index contributed by atoms with van der Waals surface area (Å²) in [7, 11) is 2.02. The van der Waals surface area contributed by atoms with Crippen LogP contribution in [0.4, 0.5) is 0 Å². The number of rotatable bonds is 8. The molecule has 1 saturated heterocycles. The molecule has 1 aliphatic rings. The molecular formula is C26H35N5O2S. The van der Waals surface area contributed by atoms with E-state index in [0.717, 1.165) is 49.8 Å². The second-order valence-electron chi connectivity index (χ2n) is 9.82. The third kappa shape index (κ3) is 6.52. The van der Waals surface area contributed by atoms with Gasteiger partial charge in [0.25, 0.3) is 0 Å². The molecule has 3 aromatic rings. The van der Waals surface area contributed by atoms with Gasteiger partial charge in [-0.05, 0) is 32.4 Å². The number of aryl methyl sites for hydroxylation is 1. The quantitative estimate of drug-likeness (QED) is 0.457. The van der Waals surface area contributed by atoms with Gasteiger partial charge in [-0.25, -0.2) is 4.98 Å². The van der Waals surface area contributed by atoms with Crippen LogP contribution < -0.4 is 0 Å². The highest BCUT2D eigenvalue weighted by atomic mass is 32.1. The molecular weight excluding hydrogens is 446 g/mol. The molecule has 0 aliphatic carbocycles. The van der Waals surface area contributed by atoms with Crippen molar-refractivity contribution in [2.45, 2.75) is 45.3 Å². The molecule has 1 aliphatic heterocycles. The number of thiazole rings is 1. The highest BCUT2D eigenvalue weighted by Crippen LogP contribution is 2.29. The van der Waals surface area contributed by atoms with Crippen molar-refractivity contribution in [1.29, 1.82) is 0 Å². The standard InChI is InChI=1S/C26H35N5O2S/c1-26(2,3)33-24(32)18-23-28-21(19-34-23)11-13-30-14-16-31(17-15-30)25(20-8-6-5-7-9-20)22-10-12-27-29(22)4/h5-10,12,19,25H,11,13-18H2,1-4H3. The Morgan fingerprint density at radius 3 is 2.50 bits per heavy atom. The van der Waals surface area contributed by atoms with E-state index in [-0.39, 0.29) is 18.4 Å². The smallest absolute Gasteiger partial charge is 0.313 e. The number of esters is 1. The highest BCUT2D eigenvalue weighted by molar-refractivity contribution is 7.09. The molecule has 0 N–H and O–H groups in total. The number of hydrogen-bond donors (Lipinski definition) is 0. The van der Waals surface area contributed by atoms with Crippen molar-refractivity contribution < 1.29 is 9.53 Å². The van der Waals surface area contributed by atoms with Crippen molar-refractivity contribution in [2.75, 3.05) is 32.7 Å². The van der Waals surface area contributed by atoms with E-state index >= 15 is 0 Å². The summed E-state index contributed by atoms with van der Waals surface area (Å²) in [6.07, 6.45) is 3.02. The van der Waals surface area contributed by atoms with E-state index < -0.39 is 5.60 Å². The predicted molar refractivity (Wildman–Crippen MR) is 135 cm³/mol. The Kier molecular flexibility index (Phi) is 7.80. The van der Waals surface area contributed by atoms with E-state index in [1.165, 1.54) is 11.3 Å². The molecule has 0 amide bonds. The highest BCUT2D eigenvalue weighted by Gasteiger charge is 2.28. The molecule has 0 radical (unpaired) electrons. The third-order valence-electron chi connectivity index (χ3n) is 6.03. The first-order chi connectivity index (χ1) is 16.3. The normalized spacial score (nSPS) is 16.5. The van der Waals surface area contributed by atoms with E-state index in [1.54, 1.807) is 11.3 Å². The van der Waals surface area contributed by atoms with E-state index in [9.17, 15) is 4.79 Å². The molecule has 34 heavy (non-hydrogen) atoms. The summed E-state index contributed by atoms with van der Waals surface area (Å²) in [6, 6.07) is 13.0. The summed E-state index contributed by atoms with van der Waals surface area (Å²) >= 11 is 1.55. The molecule has 0 spiro atoms. The number of carbonyl (C=O) groups is 1. The number of ether oxygens (including phenoxy) is 1. The lowest BCUT2D eigenvalue weighted by Crippen LogP contribution is -2.48. The Morgan fingerprint density at radius 1 is 1.12 bits per heavy atom. The van der Waals surface area contributed by atoms with Crippen LogP contribution in [0.3, 0.4) is 0 Å². The van der Waals surface area contributed by atoms with E-state index in [1.807, 2.05) is 38.7 Å². The topological polar surface area (TPSA) is 63.5 Å². The monoisotopic (exact) mass is 481 g/mol. The number of aromatic nitrogens is 3. The number of hydrogen-bond acceptors (Lipinski definition) is 7. The molecule has 4 rings (SSSR count). The zero-order valence-corrected chi connectivity index (χ0v) is 21.4. The number of piperazine rings is 1. The maximum atomic E-state index is 12.1. The Hall–Kier alpha value is -2.55. The molecule has 1 fully saturated rings. The number of nitrogens with zero attached hydrogens (tertiary/aromatic N) is 5. The van der Waals surface area contributed by atoms with Gasteiger partial charge < -0.3 is 9.64 Å². The largest absolute Gasteiger partial charge is 0.460 e. The number of carbonyl (C=O) groups excluding carboxylic acids is 1. The predicted octanol–water partition coefficient (Wildman–Crippen LogP) is 3.71. The molecule has 2 aromatic heterocycles. The van der Waals surface area contributed by atoms with Gasteiger partial charge in [-0.2, -0.15) is 5.10 Å². The number of benzene rings is 1. The summed E-state index contributed by atoms with van der Waals surface area (Å²) in [5.41, 5.74) is 3.12. The molecule has 7 nitrogen and oxygen atoms in total. The van der Waals surface area contributed by atoms with Crippen molar-refractivity contribution in [3.05, 3.63) is 69.9 Å². The average Bonchev–Trinajstić information content (AvgIpc) is 3.42. The third-order valence-corrected chi connectivity index (χ3v) is 6.92. The molecule has 1 aromatic carbocycles. The lowest BCUT2D eigenvalue weighted by Gasteiger charge is -2.39. The van der Waals surface area contributed by atoms with Gasteiger partial charge in [0.05, 0.1) is 23.9 Å². The molecule has 1 unspecified atom stereocenters. The SMILES string of the molecule is Cn1nccc1C(c1ccccc1)N1CCN(CCc2csc(CC(=O)OC(C)(C)C)n2)CC1. The van der Waals surface area contributed by atoms with Crippen LogP contribution in [0.15, 0.2) is 48.0 Å². The maximum absolute atomic E-state index is 12.1. The Bertz CT molecular complexity index is 1060. The Labute approximate surface area is 206 Å². The Morgan fingerprint density at radius 2 is 1.85 bits per heavy atom. The minimum atomic E-state index is -0.463. The van der Waals surface area contributed by atoms with Crippen LogP contribution in [-0.4, -0.2) is 68.9 Å². The first kappa shape index (κ1) is 24.6. The van der Waals surface area contributed by atoms with Crippen LogP contribution in [0, 0.1) is 0 Å². The molecule has 182 valence electrons. The van der Waals surface area contributed by atoms with Gasteiger partial charge in [0.2, 0.25) is 0 Å². The van der Waals surface area contributed by atoms with E-state index in [2.05, 4.69) is 61.7 Å². The van der Waals surface area contributed by atoms with Gasteiger partial charge in [0, 0.05) is 57.8 Å². The van der Waals surface area contributed by atoms with Crippen molar-refractivity contribution in [3.8, 4) is 0 Å². The van der Waals surface area contributed by atoms with Crippen LogP contribution in [0.25, 0.3) is 0 Å². The van der Waals surface area contributed by atoms with Gasteiger partial charge in [-0.15, -0.1) is 11.3 Å².